The summed E-state index contributed by atoms with van der Waals surface area (Å²) < 4.78 is 0. The number of hydrogen-bond donors (Lipinski definition) is 2. The van der Waals surface area contributed by atoms with Crippen LogP contribution in [0.25, 0.3) is 0 Å². The molecule has 2 atom stereocenters. The van der Waals surface area contributed by atoms with E-state index in [1.807, 2.05) is 0 Å². The average Bonchev–Trinajstić information content (AvgIpc) is 2.54. The van der Waals surface area contributed by atoms with E-state index in [1.165, 1.54) is 32.1 Å². The minimum Gasteiger partial charge on any atom is -0.392 e. The van der Waals surface area contributed by atoms with Gasteiger partial charge in [-0.25, -0.2) is 0 Å². The zero-order chi connectivity index (χ0) is 8.39. The van der Waals surface area contributed by atoms with Gasteiger partial charge in [0.1, 0.15) is 0 Å². The van der Waals surface area contributed by atoms with Gasteiger partial charge in [0.25, 0.3) is 0 Å². The Bertz CT molecular complexity index is 140. The molecule has 2 rings (SSSR count). The van der Waals surface area contributed by atoms with Gasteiger partial charge in [-0.15, -0.1) is 0 Å². The fourth-order valence-corrected chi connectivity index (χ4v) is 2.64. The normalized spacial score (nSPS) is 38.8. The van der Waals surface area contributed by atoms with Crippen molar-refractivity contribution in [3.63, 3.8) is 0 Å². The predicted octanol–water partition coefficient (Wildman–Crippen LogP) is 1.29. The Morgan fingerprint density at radius 3 is 2.42 bits per heavy atom. The lowest BCUT2D eigenvalue weighted by Gasteiger charge is -2.27. The second kappa shape index (κ2) is 3.75. The van der Waals surface area contributed by atoms with Gasteiger partial charge in [0.2, 0.25) is 0 Å². The molecule has 0 unspecified atom stereocenters. The molecule has 12 heavy (non-hydrogen) atoms. The van der Waals surface area contributed by atoms with E-state index in [0.717, 1.165) is 18.9 Å². The Kier molecular flexibility index (Phi) is 2.66. The Morgan fingerprint density at radius 1 is 1.08 bits per heavy atom. The summed E-state index contributed by atoms with van der Waals surface area (Å²) in [4.78, 5) is 0. The second-order valence-electron chi connectivity index (χ2n) is 4.30. The number of nitrogens with one attached hydrogen (secondary N) is 1. The summed E-state index contributed by atoms with van der Waals surface area (Å²) in [6.07, 6.45) is 7.90. The number of β-amino-alcohol motifs (C(OH)–C–C–N with tert-alkyl or cyclic N) is 1. The van der Waals surface area contributed by atoms with Crippen LogP contribution in [0.3, 0.4) is 0 Å². The topological polar surface area (TPSA) is 32.3 Å². The van der Waals surface area contributed by atoms with Gasteiger partial charge in [0.15, 0.2) is 0 Å². The molecule has 2 N–H and O–H groups in total. The van der Waals surface area contributed by atoms with Gasteiger partial charge in [-0.05, 0) is 25.2 Å². The van der Waals surface area contributed by atoms with Gasteiger partial charge in [-0.3, -0.25) is 0 Å². The van der Waals surface area contributed by atoms with Crippen LogP contribution in [0.15, 0.2) is 0 Å². The molecule has 1 aliphatic heterocycles. The zero-order valence-electron chi connectivity index (χ0n) is 7.63. The van der Waals surface area contributed by atoms with E-state index >= 15 is 0 Å². The summed E-state index contributed by atoms with van der Waals surface area (Å²) in [6, 6.07) is 0.625. The van der Waals surface area contributed by atoms with Crippen LogP contribution >= 0.6 is 0 Å². The third-order valence-electron chi connectivity index (χ3n) is 3.36. The number of hydrogen-bond acceptors (Lipinski definition) is 2. The molecule has 0 spiro atoms. The fourth-order valence-electron chi connectivity index (χ4n) is 2.64. The molecule has 2 heteroatoms. The van der Waals surface area contributed by atoms with E-state index in [2.05, 4.69) is 5.32 Å². The van der Waals surface area contributed by atoms with E-state index in [0.29, 0.717) is 6.04 Å². The Balaban J connectivity index is 1.83. The molecule has 1 saturated heterocycles. The van der Waals surface area contributed by atoms with Crippen molar-refractivity contribution in [1.29, 1.82) is 0 Å². The first-order valence-electron chi connectivity index (χ1n) is 5.28. The molecular formula is C10H19NO. The number of rotatable bonds is 1. The molecule has 0 aromatic carbocycles. The molecule has 70 valence electrons. The maximum absolute atomic E-state index is 9.37. The first-order chi connectivity index (χ1) is 5.86. The fraction of sp³-hybridized carbons (Fsp3) is 1.00. The van der Waals surface area contributed by atoms with Gasteiger partial charge in [0.05, 0.1) is 6.10 Å². The highest BCUT2D eigenvalue weighted by Gasteiger charge is 2.29. The van der Waals surface area contributed by atoms with Crippen LogP contribution in [-0.2, 0) is 0 Å². The lowest BCUT2D eigenvalue weighted by atomic mass is 9.83. The molecule has 1 saturated carbocycles. The van der Waals surface area contributed by atoms with E-state index in [-0.39, 0.29) is 6.10 Å². The quantitative estimate of drug-likeness (QED) is 0.620. The smallest absolute Gasteiger partial charge is 0.0679 e. The summed E-state index contributed by atoms with van der Waals surface area (Å²) in [7, 11) is 0. The van der Waals surface area contributed by atoms with E-state index < -0.39 is 0 Å². The first-order valence-corrected chi connectivity index (χ1v) is 5.28. The first kappa shape index (κ1) is 8.52. The zero-order valence-corrected chi connectivity index (χ0v) is 7.63. The SMILES string of the molecule is O[C@@H]1CN[C@H](C2CCCCC2)C1. The van der Waals surface area contributed by atoms with Crippen molar-refractivity contribution in [2.75, 3.05) is 6.54 Å². The van der Waals surface area contributed by atoms with Crippen molar-refractivity contribution in [2.45, 2.75) is 50.7 Å². The number of aliphatic hydroxyl groups is 1. The third kappa shape index (κ3) is 1.80. The highest BCUT2D eigenvalue weighted by atomic mass is 16.3. The van der Waals surface area contributed by atoms with Crippen molar-refractivity contribution in [3.05, 3.63) is 0 Å². The van der Waals surface area contributed by atoms with Crippen LogP contribution in [0.5, 0.6) is 0 Å². The predicted molar refractivity (Wildman–Crippen MR) is 49.0 cm³/mol. The van der Waals surface area contributed by atoms with Crippen LogP contribution in [0.2, 0.25) is 0 Å². The van der Waals surface area contributed by atoms with Gasteiger partial charge in [-0.2, -0.15) is 0 Å². The maximum Gasteiger partial charge on any atom is 0.0679 e. The molecule has 1 aliphatic carbocycles. The average molecular weight is 169 g/mol. The molecule has 0 amide bonds. The molecule has 0 radical (unpaired) electrons. The van der Waals surface area contributed by atoms with Crippen molar-refractivity contribution in [1.82, 2.24) is 5.32 Å². The summed E-state index contributed by atoms with van der Waals surface area (Å²) >= 11 is 0. The lowest BCUT2D eigenvalue weighted by molar-refractivity contribution is 0.185. The van der Waals surface area contributed by atoms with Gasteiger partial charge in [-0.1, -0.05) is 19.3 Å². The largest absolute Gasteiger partial charge is 0.392 e. The summed E-state index contributed by atoms with van der Waals surface area (Å²) in [5, 5.41) is 12.8. The van der Waals surface area contributed by atoms with Gasteiger partial charge in [0, 0.05) is 12.6 Å². The summed E-state index contributed by atoms with van der Waals surface area (Å²) in [5.74, 6) is 0.857. The van der Waals surface area contributed by atoms with Gasteiger partial charge >= 0.3 is 0 Å². The van der Waals surface area contributed by atoms with Crippen LogP contribution in [0.4, 0.5) is 0 Å². The molecule has 2 nitrogen and oxygen atoms in total. The number of aliphatic hydroxyl groups excluding tert-OH is 1. The van der Waals surface area contributed by atoms with Crippen molar-refractivity contribution in [2.24, 2.45) is 5.92 Å². The van der Waals surface area contributed by atoms with Crippen LogP contribution < -0.4 is 5.32 Å². The Labute approximate surface area is 74.4 Å². The monoisotopic (exact) mass is 169 g/mol. The van der Waals surface area contributed by atoms with Crippen LogP contribution in [0, 0.1) is 5.92 Å². The molecule has 0 aromatic heterocycles. The van der Waals surface area contributed by atoms with Crippen LogP contribution in [-0.4, -0.2) is 23.8 Å². The highest BCUT2D eigenvalue weighted by molar-refractivity contribution is 4.87. The Morgan fingerprint density at radius 2 is 1.83 bits per heavy atom. The van der Waals surface area contributed by atoms with Crippen molar-refractivity contribution in [3.8, 4) is 0 Å². The lowest BCUT2D eigenvalue weighted by Crippen LogP contribution is -2.31. The van der Waals surface area contributed by atoms with Gasteiger partial charge < -0.3 is 10.4 Å². The molecular weight excluding hydrogens is 150 g/mol. The molecule has 2 aliphatic rings. The highest BCUT2D eigenvalue weighted by Crippen LogP contribution is 2.29. The third-order valence-corrected chi connectivity index (χ3v) is 3.36. The van der Waals surface area contributed by atoms with Crippen molar-refractivity contribution < 1.29 is 5.11 Å². The maximum atomic E-state index is 9.37. The van der Waals surface area contributed by atoms with Crippen molar-refractivity contribution >= 4 is 0 Å². The van der Waals surface area contributed by atoms with E-state index in [4.69, 9.17) is 0 Å². The van der Waals surface area contributed by atoms with E-state index in [1.54, 1.807) is 0 Å². The molecule has 0 aromatic rings. The molecule has 1 heterocycles. The second-order valence-corrected chi connectivity index (χ2v) is 4.30. The summed E-state index contributed by atoms with van der Waals surface area (Å²) in [6.45, 7) is 0.821. The Hall–Kier alpha value is -0.0800. The minimum atomic E-state index is -0.0723. The minimum absolute atomic E-state index is 0.0723. The molecule has 0 bridgehead atoms. The standard InChI is InChI=1S/C10H19NO/c12-9-6-10(11-7-9)8-4-2-1-3-5-8/h8-12H,1-7H2/t9-,10-/m0/s1. The summed E-state index contributed by atoms with van der Waals surface area (Å²) in [5.41, 5.74) is 0. The van der Waals surface area contributed by atoms with E-state index in [9.17, 15) is 5.11 Å². The molecule has 2 fully saturated rings. The van der Waals surface area contributed by atoms with Crippen LogP contribution in [0.1, 0.15) is 38.5 Å².